The molecule has 1 rings (SSSR count). The third kappa shape index (κ3) is 2.94. The van der Waals surface area contributed by atoms with Crippen LogP contribution >= 0.6 is 0 Å². The van der Waals surface area contributed by atoms with Gasteiger partial charge in [0.05, 0.1) is 6.61 Å². The van der Waals surface area contributed by atoms with Crippen molar-refractivity contribution in [2.45, 2.75) is 32.8 Å². The Bertz CT molecular complexity index is 307. The highest BCUT2D eigenvalue weighted by Crippen LogP contribution is 2.31. The number of ether oxygens (including phenoxy) is 1. The maximum atomic E-state index is 8.84. The molecule has 0 spiro atoms. The van der Waals surface area contributed by atoms with Gasteiger partial charge in [-0.25, -0.2) is 4.89 Å². The zero-order valence-corrected chi connectivity index (χ0v) is 9.49. The summed E-state index contributed by atoms with van der Waals surface area (Å²) in [4.78, 5) is 4.46. The third-order valence-electron chi connectivity index (χ3n) is 2.23. The molecular formula is C12H18O3. The molecule has 0 saturated heterocycles. The van der Waals surface area contributed by atoms with Crippen LogP contribution in [0, 0.1) is 0 Å². The van der Waals surface area contributed by atoms with Crippen LogP contribution in [0.15, 0.2) is 24.3 Å². The minimum Gasteiger partial charge on any atom is -0.493 e. The summed E-state index contributed by atoms with van der Waals surface area (Å²) in [6.07, 6.45) is 0.953. The van der Waals surface area contributed by atoms with E-state index in [1.54, 1.807) is 13.8 Å². The van der Waals surface area contributed by atoms with Crippen LogP contribution in [-0.4, -0.2) is 11.9 Å². The Kier molecular flexibility index (Phi) is 4.12. The van der Waals surface area contributed by atoms with E-state index in [9.17, 15) is 0 Å². The van der Waals surface area contributed by atoms with E-state index in [1.807, 2.05) is 24.3 Å². The van der Waals surface area contributed by atoms with Gasteiger partial charge in [-0.1, -0.05) is 25.1 Å². The first-order valence-corrected chi connectivity index (χ1v) is 5.16. The summed E-state index contributed by atoms with van der Waals surface area (Å²) in [7, 11) is 0. The number of hydrogen-bond donors (Lipinski definition) is 1. The lowest BCUT2D eigenvalue weighted by Crippen LogP contribution is -2.21. The summed E-state index contributed by atoms with van der Waals surface area (Å²) < 4.78 is 5.58. The average molecular weight is 210 g/mol. The van der Waals surface area contributed by atoms with Gasteiger partial charge in [0.15, 0.2) is 0 Å². The van der Waals surface area contributed by atoms with Crippen molar-refractivity contribution in [2.24, 2.45) is 0 Å². The van der Waals surface area contributed by atoms with Gasteiger partial charge in [0.2, 0.25) is 0 Å². The van der Waals surface area contributed by atoms with Crippen LogP contribution in [0.25, 0.3) is 0 Å². The normalized spacial score (nSPS) is 11.5. The Morgan fingerprint density at radius 3 is 2.53 bits per heavy atom. The largest absolute Gasteiger partial charge is 0.493 e. The van der Waals surface area contributed by atoms with Crippen molar-refractivity contribution in [1.29, 1.82) is 0 Å². The van der Waals surface area contributed by atoms with Crippen molar-refractivity contribution in [3.05, 3.63) is 29.8 Å². The molecule has 0 atom stereocenters. The fraction of sp³-hybridized carbons (Fsp3) is 0.500. The van der Waals surface area contributed by atoms with Crippen LogP contribution in [-0.2, 0) is 10.5 Å². The van der Waals surface area contributed by atoms with Gasteiger partial charge in [-0.3, -0.25) is 5.26 Å². The van der Waals surface area contributed by atoms with E-state index in [1.165, 1.54) is 0 Å². The molecule has 1 aromatic carbocycles. The average Bonchev–Trinajstić information content (AvgIpc) is 2.26. The Morgan fingerprint density at radius 1 is 1.27 bits per heavy atom. The molecule has 15 heavy (non-hydrogen) atoms. The van der Waals surface area contributed by atoms with E-state index in [0.29, 0.717) is 6.61 Å². The van der Waals surface area contributed by atoms with Crippen molar-refractivity contribution in [2.75, 3.05) is 6.61 Å². The second kappa shape index (κ2) is 5.14. The molecule has 0 aliphatic heterocycles. The molecule has 0 unspecified atom stereocenters. The summed E-state index contributed by atoms with van der Waals surface area (Å²) in [6.45, 7) is 6.30. The van der Waals surface area contributed by atoms with Gasteiger partial charge in [0.1, 0.15) is 11.4 Å². The highest BCUT2D eigenvalue weighted by molar-refractivity contribution is 5.37. The minimum absolute atomic E-state index is 0.665. The van der Waals surface area contributed by atoms with E-state index < -0.39 is 5.60 Å². The molecule has 0 amide bonds. The first-order valence-electron chi connectivity index (χ1n) is 5.16. The monoisotopic (exact) mass is 210 g/mol. The fourth-order valence-corrected chi connectivity index (χ4v) is 1.35. The SMILES string of the molecule is CCCOc1ccccc1C(C)(C)OO. The van der Waals surface area contributed by atoms with Crippen LogP contribution in [0.2, 0.25) is 0 Å². The highest BCUT2D eigenvalue weighted by atomic mass is 17.1. The van der Waals surface area contributed by atoms with E-state index in [2.05, 4.69) is 11.8 Å². The molecule has 0 radical (unpaired) electrons. The van der Waals surface area contributed by atoms with Crippen LogP contribution in [0.4, 0.5) is 0 Å². The lowest BCUT2D eigenvalue weighted by Gasteiger charge is -2.23. The second-order valence-corrected chi connectivity index (χ2v) is 3.95. The summed E-state index contributed by atoms with van der Waals surface area (Å²) in [5.74, 6) is 0.762. The van der Waals surface area contributed by atoms with Gasteiger partial charge in [0.25, 0.3) is 0 Å². The molecule has 84 valence electrons. The van der Waals surface area contributed by atoms with Gasteiger partial charge in [-0.15, -0.1) is 0 Å². The maximum absolute atomic E-state index is 8.84. The van der Waals surface area contributed by atoms with E-state index in [0.717, 1.165) is 17.7 Å². The Hall–Kier alpha value is -1.06. The second-order valence-electron chi connectivity index (χ2n) is 3.95. The molecule has 1 aromatic rings. The topological polar surface area (TPSA) is 38.7 Å². The van der Waals surface area contributed by atoms with Gasteiger partial charge < -0.3 is 4.74 Å². The van der Waals surface area contributed by atoms with Crippen LogP contribution in [0.5, 0.6) is 5.75 Å². The fourth-order valence-electron chi connectivity index (χ4n) is 1.35. The van der Waals surface area contributed by atoms with Crippen molar-refractivity contribution in [3.8, 4) is 5.75 Å². The Labute approximate surface area is 90.6 Å². The summed E-state index contributed by atoms with van der Waals surface area (Å²) in [5.41, 5.74) is 0.102. The van der Waals surface area contributed by atoms with E-state index in [-0.39, 0.29) is 0 Å². The smallest absolute Gasteiger partial charge is 0.126 e. The number of benzene rings is 1. The van der Waals surface area contributed by atoms with Crippen molar-refractivity contribution in [1.82, 2.24) is 0 Å². The zero-order valence-electron chi connectivity index (χ0n) is 9.49. The molecule has 0 saturated carbocycles. The Balaban J connectivity index is 2.95. The molecular weight excluding hydrogens is 192 g/mol. The number of hydrogen-bond acceptors (Lipinski definition) is 3. The first kappa shape index (κ1) is 12.0. The van der Waals surface area contributed by atoms with Crippen LogP contribution in [0.1, 0.15) is 32.8 Å². The predicted octanol–water partition coefficient (Wildman–Crippen LogP) is 3.20. The van der Waals surface area contributed by atoms with Gasteiger partial charge in [-0.2, -0.15) is 0 Å². The molecule has 3 nitrogen and oxygen atoms in total. The standard InChI is InChI=1S/C12H18O3/c1-4-9-14-11-8-6-5-7-10(11)12(2,3)15-13/h5-8,13H,4,9H2,1-3H3. The van der Waals surface area contributed by atoms with Crippen molar-refractivity contribution in [3.63, 3.8) is 0 Å². The molecule has 0 aromatic heterocycles. The highest BCUT2D eigenvalue weighted by Gasteiger charge is 2.25. The number of para-hydroxylation sites is 1. The predicted molar refractivity (Wildman–Crippen MR) is 59.0 cm³/mol. The van der Waals surface area contributed by atoms with Gasteiger partial charge in [-0.05, 0) is 26.3 Å². The molecule has 0 aliphatic rings. The lowest BCUT2D eigenvalue weighted by molar-refractivity contribution is -0.318. The van der Waals surface area contributed by atoms with E-state index in [4.69, 9.17) is 9.99 Å². The zero-order chi connectivity index (χ0) is 11.3. The summed E-state index contributed by atoms with van der Waals surface area (Å²) in [6, 6.07) is 7.57. The van der Waals surface area contributed by atoms with E-state index >= 15 is 0 Å². The quantitative estimate of drug-likeness (QED) is 0.599. The van der Waals surface area contributed by atoms with Crippen LogP contribution < -0.4 is 4.74 Å². The third-order valence-corrected chi connectivity index (χ3v) is 2.23. The van der Waals surface area contributed by atoms with Crippen molar-refractivity contribution < 1.29 is 14.9 Å². The maximum Gasteiger partial charge on any atom is 0.126 e. The molecule has 0 aliphatic carbocycles. The molecule has 3 heteroatoms. The molecule has 0 bridgehead atoms. The van der Waals surface area contributed by atoms with Crippen LogP contribution in [0.3, 0.4) is 0 Å². The molecule has 0 fully saturated rings. The van der Waals surface area contributed by atoms with Crippen molar-refractivity contribution >= 4 is 0 Å². The lowest BCUT2D eigenvalue weighted by atomic mass is 9.97. The first-order chi connectivity index (χ1) is 7.11. The van der Waals surface area contributed by atoms with Gasteiger partial charge >= 0.3 is 0 Å². The Morgan fingerprint density at radius 2 is 1.93 bits per heavy atom. The van der Waals surface area contributed by atoms with Gasteiger partial charge in [0, 0.05) is 5.56 Å². The number of rotatable bonds is 5. The minimum atomic E-state index is -0.746. The summed E-state index contributed by atoms with van der Waals surface area (Å²) in [5, 5.41) is 8.84. The molecule has 0 heterocycles. The molecule has 1 N–H and O–H groups in total. The summed E-state index contributed by atoms with van der Waals surface area (Å²) >= 11 is 0.